The molecule has 2 aromatic carbocycles. The Balaban J connectivity index is 2.38. The van der Waals surface area contributed by atoms with E-state index in [1.165, 1.54) is 18.2 Å². The Morgan fingerprint density at radius 1 is 1.41 bits per heavy atom. The second-order valence-corrected chi connectivity index (χ2v) is 5.21. The summed E-state index contributed by atoms with van der Waals surface area (Å²) in [5.41, 5.74) is -0.576. The van der Waals surface area contributed by atoms with Gasteiger partial charge in [-0.3, -0.25) is 14.9 Å². The summed E-state index contributed by atoms with van der Waals surface area (Å²) in [6.45, 7) is 1.78. The van der Waals surface area contributed by atoms with Crippen molar-refractivity contribution in [2.75, 3.05) is 11.9 Å². The summed E-state index contributed by atoms with van der Waals surface area (Å²) in [6.07, 6.45) is 1.12. The molecule has 0 aliphatic rings. The van der Waals surface area contributed by atoms with Crippen molar-refractivity contribution in [3.63, 3.8) is 0 Å². The predicted molar refractivity (Wildman–Crippen MR) is 94.5 cm³/mol. The van der Waals surface area contributed by atoms with Crippen LogP contribution in [0.3, 0.4) is 0 Å². The highest BCUT2D eigenvalue weighted by atomic mass is 19.1. The van der Waals surface area contributed by atoms with Crippen LogP contribution < -0.4 is 10.1 Å². The SMILES string of the molecule is CCOc1cc(/C=C(\C#N)C(=O)Nc2ccc(F)cc2)cc([N+](=O)[O-])c1O. The predicted octanol–water partition coefficient (Wildman–Crippen LogP) is 3.38. The molecule has 0 saturated carbocycles. The van der Waals surface area contributed by atoms with Crippen LogP contribution in [0.15, 0.2) is 42.0 Å². The van der Waals surface area contributed by atoms with E-state index >= 15 is 0 Å². The van der Waals surface area contributed by atoms with Crippen molar-refractivity contribution in [2.45, 2.75) is 6.92 Å². The van der Waals surface area contributed by atoms with Gasteiger partial charge in [0.2, 0.25) is 5.75 Å². The van der Waals surface area contributed by atoms with Gasteiger partial charge < -0.3 is 15.2 Å². The van der Waals surface area contributed by atoms with Gasteiger partial charge in [0.05, 0.1) is 11.5 Å². The molecular formula is C18H14FN3O5. The van der Waals surface area contributed by atoms with Crippen LogP contribution in [0.25, 0.3) is 6.08 Å². The van der Waals surface area contributed by atoms with E-state index in [9.17, 15) is 29.7 Å². The minimum Gasteiger partial charge on any atom is -0.500 e. The molecule has 8 nitrogen and oxygen atoms in total. The van der Waals surface area contributed by atoms with Gasteiger partial charge in [0, 0.05) is 11.8 Å². The lowest BCUT2D eigenvalue weighted by atomic mass is 10.1. The minimum atomic E-state index is -0.806. The molecule has 0 heterocycles. The van der Waals surface area contributed by atoms with Crippen LogP contribution in [0.5, 0.6) is 11.5 Å². The highest BCUT2D eigenvalue weighted by Crippen LogP contribution is 2.37. The number of nitro benzene ring substituents is 1. The molecule has 0 spiro atoms. The van der Waals surface area contributed by atoms with Gasteiger partial charge in [-0.2, -0.15) is 5.26 Å². The number of benzene rings is 2. The number of nitrogens with one attached hydrogen (secondary N) is 1. The first kappa shape index (κ1) is 19.4. The zero-order chi connectivity index (χ0) is 20.0. The van der Waals surface area contributed by atoms with Gasteiger partial charge in [0.1, 0.15) is 17.5 Å². The molecule has 2 N–H and O–H groups in total. The molecule has 0 aliphatic heterocycles. The van der Waals surface area contributed by atoms with Crippen molar-refractivity contribution in [1.82, 2.24) is 0 Å². The number of carbonyl (C=O) groups is 1. The van der Waals surface area contributed by atoms with Crippen molar-refractivity contribution >= 4 is 23.4 Å². The van der Waals surface area contributed by atoms with Gasteiger partial charge in [-0.1, -0.05) is 0 Å². The number of phenolic OH excluding ortho intramolecular Hbond substituents is 1. The highest BCUT2D eigenvalue weighted by Gasteiger charge is 2.20. The lowest BCUT2D eigenvalue weighted by Gasteiger charge is -2.08. The van der Waals surface area contributed by atoms with Crippen LogP contribution >= 0.6 is 0 Å². The second kappa shape index (κ2) is 8.44. The largest absolute Gasteiger partial charge is 0.500 e. The first-order chi connectivity index (χ1) is 12.8. The van der Waals surface area contributed by atoms with Crippen molar-refractivity contribution in [1.29, 1.82) is 5.26 Å². The highest BCUT2D eigenvalue weighted by molar-refractivity contribution is 6.09. The molecule has 0 radical (unpaired) electrons. The zero-order valence-electron chi connectivity index (χ0n) is 14.1. The van der Waals surface area contributed by atoms with E-state index in [2.05, 4.69) is 5.32 Å². The summed E-state index contributed by atoms with van der Waals surface area (Å²) in [5.74, 6) is -2.05. The Hall–Kier alpha value is -3.93. The number of nitriles is 1. The molecule has 0 fully saturated rings. The van der Waals surface area contributed by atoms with Crippen LogP contribution in [0.4, 0.5) is 15.8 Å². The minimum absolute atomic E-state index is 0.119. The molecule has 1 amide bonds. The molecule has 0 aromatic heterocycles. The Morgan fingerprint density at radius 3 is 2.63 bits per heavy atom. The number of amides is 1. The number of carbonyl (C=O) groups excluding carboxylic acids is 1. The van der Waals surface area contributed by atoms with Crippen LogP contribution in [0, 0.1) is 27.3 Å². The molecule has 0 saturated heterocycles. The fourth-order valence-corrected chi connectivity index (χ4v) is 2.15. The third-order valence-corrected chi connectivity index (χ3v) is 3.35. The van der Waals surface area contributed by atoms with E-state index in [0.29, 0.717) is 0 Å². The van der Waals surface area contributed by atoms with Crippen molar-refractivity contribution in [2.24, 2.45) is 0 Å². The first-order valence-electron chi connectivity index (χ1n) is 7.68. The van der Waals surface area contributed by atoms with Gasteiger partial charge in [-0.25, -0.2) is 4.39 Å². The number of phenols is 1. The molecule has 9 heteroatoms. The fourth-order valence-electron chi connectivity index (χ4n) is 2.15. The number of rotatable bonds is 6. The first-order valence-corrected chi connectivity index (χ1v) is 7.68. The van der Waals surface area contributed by atoms with Crippen molar-refractivity contribution in [3.05, 3.63) is 63.5 Å². The summed E-state index contributed by atoms with van der Waals surface area (Å²) in [4.78, 5) is 22.5. The topological polar surface area (TPSA) is 125 Å². The third kappa shape index (κ3) is 4.79. The fraction of sp³-hybridized carbons (Fsp3) is 0.111. The third-order valence-electron chi connectivity index (χ3n) is 3.35. The van der Waals surface area contributed by atoms with E-state index in [1.54, 1.807) is 13.0 Å². The van der Waals surface area contributed by atoms with Crippen LogP contribution in [-0.2, 0) is 4.79 Å². The van der Waals surface area contributed by atoms with Gasteiger partial charge in [-0.05, 0) is 48.9 Å². The lowest BCUT2D eigenvalue weighted by Crippen LogP contribution is -2.13. The maximum absolute atomic E-state index is 12.9. The summed E-state index contributed by atoms with van der Waals surface area (Å²) in [6, 6.07) is 8.91. The smallest absolute Gasteiger partial charge is 0.315 e. The van der Waals surface area contributed by atoms with Gasteiger partial charge >= 0.3 is 5.69 Å². The summed E-state index contributed by atoms with van der Waals surface area (Å²) in [7, 11) is 0. The van der Waals surface area contributed by atoms with Crippen LogP contribution in [-0.4, -0.2) is 22.5 Å². The van der Waals surface area contributed by atoms with Gasteiger partial charge in [0.15, 0.2) is 5.75 Å². The number of aromatic hydroxyl groups is 1. The molecular weight excluding hydrogens is 357 g/mol. The van der Waals surface area contributed by atoms with Gasteiger partial charge in [-0.15, -0.1) is 0 Å². The zero-order valence-corrected chi connectivity index (χ0v) is 14.1. The maximum Gasteiger partial charge on any atom is 0.315 e. The van der Waals surface area contributed by atoms with E-state index in [1.807, 2.05) is 0 Å². The summed E-state index contributed by atoms with van der Waals surface area (Å²) in [5, 5.41) is 32.6. The maximum atomic E-state index is 12.9. The normalized spacial score (nSPS) is 10.8. The number of hydrogen-bond donors (Lipinski definition) is 2. The standard InChI is InChI=1S/C18H14FN3O5/c1-2-27-16-9-11(8-15(17(16)23)22(25)26)7-12(10-20)18(24)21-14-5-3-13(19)4-6-14/h3-9,23H,2H2,1H3,(H,21,24)/b12-7+. The molecule has 138 valence electrons. The number of ether oxygens (including phenoxy) is 1. The molecule has 27 heavy (non-hydrogen) atoms. The van der Waals surface area contributed by atoms with Crippen molar-refractivity contribution < 1.29 is 24.0 Å². The number of hydrogen-bond acceptors (Lipinski definition) is 6. The molecule has 2 rings (SSSR count). The molecule has 2 aromatic rings. The number of anilines is 1. The van der Waals surface area contributed by atoms with Crippen LogP contribution in [0.2, 0.25) is 0 Å². The molecule has 0 unspecified atom stereocenters. The van der Waals surface area contributed by atoms with Crippen molar-refractivity contribution in [3.8, 4) is 17.6 Å². The van der Waals surface area contributed by atoms with E-state index in [0.717, 1.165) is 24.3 Å². The van der Waals surface area contributed by atoms with Crippen LogP contribution in [0.1, 0.15) is 12.5 Å². The van der Waals surface area contributed by atoms with Gasteiger partial charge in [0.25, 0.3) is 5.91 Å². The quantitative estimate of drug-likeness (QED) is 0.347. The molecule has 0 bridgehead atoms. The Kier molecular flexibility index (Phi) is 6.06. The number of halogens is 1. The van der Waals surface area contributed by atoms with E-state index in [4.69, 9.17) is 4.74 Å². The Bertz CT molecular complexity index is 949. The monoisotopic (exact) mass is 371 g/mol. The Labute approximate surface area is 153 Å². The number of nitrogens with zero attached hydrogens (tertiary/aromatic N) is 2. The summed E-state index contributed by atoms with van der Waals surface area (Å²) < 4.78 is 18.1. The summed E-state index contributed by atoms with van der Waals surface area (Å²) >= 11 is 0. The average Bonchev–Trinajstić information content (AvgIpc) is 2.63. The Morgan fingerprint density at radius 2 is 2.07 bits per heavy atom. The van der Waals surface area contributed by atoms with E-state index in [-0.39, 0.29) is 29.2 Å². The second-order valence-electron chi connectivity index (χ2n) is 5.21. The molecule has 0 aliphatic carbocycles. The lowest BCUT2D eigenvalue weighted by molar-refractivity contribution is -0.386. The molecule has 0 atom stereocenters. The van der Waals surface area contributed by atoms with E-state index < -0.39 is 28.1 Å². The average molecular weight is 371 g/mol. The number of nitro groups is 1.